The Kier molecular flexibility index (Phi) is 5.29. The molecule has 1 aromatic rings. The van der Waals surface area contributed by atoms with Crippen molar-refractivity contribution in [2.24, 2.45) is 0 Å². The molecular formula is C13H18Br2N2O2S. The van der Waals surface area contributed by atoms with Crippen LogP contribution in [0.3, 0.4) is 0 Å². The van der Waals surface area contributed by atoms with Crippen molar-refractivity contribution < 1.29 is 8.42 Å². The second kappa shape index (κ2) is 6.44. The molecule has 20 heavy (non-hydrogen) atoms. The molecule has 1 aliphatic rings. The van der Waals surface area contributed by atoms with Gasteiger partial charge in [-0.05, 0) is 60.9 Å². The number of hydrogen-bond donors (Lipinski definition) is 1. The molecule has 0 radical (unpaired) electrons. The summed E-state index contributed by atoms with van der Waals surface area (Å²) < 4.78 is 28.7. The zero-order chi connectivity index (χ0) is 14.9. The van der Waals surface area contributed by atoms with Crippen molar-refractivity contribution in [1.82, 2.24) is 9.62 Å². The summed E-state index contributed by atoms with van der Waals surface area (Å²) in [6.45, 7) is 2.45. The van der Waals surface area contributed by atoms with Gasteiger partial charge in [0.05, 0.1) is 4.90 Å². The van der Waals surface area contributed by atoms with Crippen LogP contribution in [0.4, 0.5) is 0 Å². The monoisotopic (exact) mass is 424 g/mol. The minimum atomic E-state index is -3.50. The standard InChI is InChI=1S/C13H18Br2N2O2S/c1-9(17(2)11-4-5-11)8-16-20(18,19)13-7-10(14)3-6-12(13)15/h3,6-7,9,11,16H,4-5,8H2,1-2H3. The largest absolute Gasteiger partial charge is 0.299 e. The molecule has 1 unspecified atom stereocenters. The van der Waals surface area contributed by atoms with Crippen LogP contribution < -0.4 is 4.72 Å². The Labute approximate surface area is 137 Å². The summed E-state index contributed by atoms with van der Waals surface area (Å²) in [4.78, 5) is 2.49. The molecule has 1 fully saturated rings. The lowest BCUT2D eigenvalue weighted by Crippen LogP contribution is -2.41. The quantitative estimate of drug-likeness (QED) is 0.762. The van der Waals surface area contributed by atoms with Gasteiger partial charge >= 0.3 is 0 Å². The van der Waals surface area contributed by atoms with E-state index in [2.05, 4.69) is 41.5 Å². The molecule has 0 heterocycles. The number of likely N-dealkylation sites (N-methyl/N-ethyl adjacent to an activating group) is 1. The van der Waals surface area contributed by atoms with Crippen LogP contribution in [0.1, 0.15) is 19.8 Å². The van der Waals surface area contributed by atoms with E-state index in [1.54, 1.807) is 18.2 Å². The minimum absolute atomic E-state index is 0.184. The van der Waals surface area contributed by atoms with Crippen LogP contribution in [0, 0.1) is 0 Å². The molecule has 0 amide bonds. The molecule has 0 aromatic heterocycles. The number of nitrogens with zero attached hydrogens (tertiary/aromatic N) is 1. The molecule has 4 nitrogen and oxygen atoms in total. The molecule has 0 saturated heterocycles. The van der Waals surface area contributed by atoms with Gasteiger partial charge in [-0.2, -0.15) is 0 Å². The normalized spacial score (nSPS) is 17.4. The van der Waals surface area contributed by atoms with Gasteiger partial charge in [0.15, 0.2) is 0 Å². The highest BCUT2D eigenvalue weighted by atomic mass is 79.9. The summed E-state index contributed by atoms with van der Waals surface area (Å²) in [6, 6.07) is 5.92. The molecule has 1 atom stereocenters. The maximum absolute atomic E-state index is 12.3. The Morgan fingerprint density at radius 3 is 2.65 bits per heavy atom. The fraction of sp³-hybridized carbons (Fsp3) is 0.538. The van der Waals surface area contributed by atoms with E-state index < -0.39 is 10.0 Å². The number of rotatable bonds is 6. The van der Waals surface area contributed by atoms with Gasteiger partial charge in [0, 0.05) is 27.6 Å². The van der Waals surface area contributed by atoms with Crippen LogP contribution in [-0.2, 0) is 10.0 Å². The van der Waals surface area contributed by atoms with Gasteiger partial charge in [-0.25, -0.2) is 13.1 Å². The number of benzene rings is 1. The first-order valence-electron chi connectivity index (χ1n) is 6.48. The van der Waals surface area contributed by atoms with E-state index in [1.165, 1.54) is 12.8 Å². The Bertz CT molecular complexity index is 588. The van der Waals surface area contributed by atoms with Gasteiger partial charge in [0.25, 0.3) is 0 Å². The molecule has 1 aliphatic carbocycles. The van der Waals surface area contributed by atoms with Gasteiger partial charge in [0.2, 0.25) is 10.0 Å². The second-order valence-corrected chi connectivity index (χ2v) is 8.68. The van der Waals surface area contributed by atoms with Crippen molar-refractivity contribution in [3.8, 4) is 0 Å². The Hall–Kier alpha value is 0.0500. The molecule has 1 saturated carbocycles. The average molecular weight is 426 g/mol. The lowest BCUT2D eigenvalue weighted by molar-refractivity contribution is 0.248. The fourth-order valence-corrected chi connectivity index (χ4v) is 4.60. The predicted molar refractivity (Wildman–Crippen MR) is 87.3 cm³/mol. The summed E-state index contributed by atoms with van der Waals surface area (Å²) in [5, 5.41) is 0. The van der Waals surface area contributed by atoms with E-state index >= 15 is 0 Å². The van der Waals surface area contributed by atoms with E-state index in [-0.39, 0.29) is 10.9 Å². The highest BCUT2D eigenvalue weighted by molar-refractivity contribution is 9.11. The summed E-state index contributed by atoms with van der Waals surface area (Å²) in [6.07, 6.45) is 2.43. The van der Waals surface area contributed by atoms with E-state index in [0.29, 0.717) is 17.1 Å². The van der Waals surface area contributed by atoms with Crippen molar-refractivity contribution in [2.75, 3.05) is 13.6 Å². The number of nitrogens with one attached hydrogen (secondary N) is 1. The van der Waals surface area contributed by atoms with Crippen molar-refractivity contribution in [2.45, 2.75) is 36.7 Å². The SMILES string of the molecule is CC(CNS(=O)(=O)c1cc(Br)ccc1Br)N(C)C1CC1. The molecule has 112 valence electrons. The summed E-state index contributed by atoms with van der Waals surface area (Å²) in [5.74, 6) is 0. The molecule has 1 aromatic carbocycles. The zero-order valence-corrected chi connectivity index (χ0v) is 15.4. The van der Waals surface area contributed by atoms with Crippen LogP contribution in [0.25, 0.3) is 0 Å². The highest BCUT2D eigenvalue weighted by Crippen LogP contribution is 2.27. The molecular weight excluding hydrogens is 408 g/mol. The molecule has 7 heteroatoms. The summed E-state index contributed by atoms with van der Waals surface area (Å²) in [7, 11) is -1.45. The topological polar surface area (TPSA) is 49.4 Å². The van der Waals surface area contributed by atoms with Gasteiger partial charge in [0.1, 0.15) is 0 Å². The number of halogens is 2. The van der Waals surface area contributed by atoms with E-state index in [0.717, 1.165) is 4.47 Å². The smallest absolute Gasteiger partial charge is 0.241 e. The highest BCUT2D eigenvalue weighted by Gasteiger charge is 2.29. The number of sulfonamides is 1. The summed E-state index contributed by atoms with van der Waals surface area (Å²) >= 11 is 6.58. The third kappa shape index (κ3) is 4.04. The van der Waals surface area contributed by atoms with E-state index in [4.69, 9.17) is 0 Å². The molecule has 0 aliphatic heterocycles. The maximum Gasteiger partial charge on any atom is 0.241 e. The lowest BCUT2D eigenvalue weighted by atomic mass is 10.3. The van der Waals surface area contributed by atoms with Crippen LogP contribution in [0.15, 0.2) is 32.0 Å². The first-order valence-corrected chi connectivity index (χ1v) is 9.55. The lowest BCUT2D eigenvalue weighted by Gasteiger charge is -2.24. The van der Waals surface area contributed by atoms with Crippen molar-refractivity contribution in [1.29, 1.82) is 0 Å². The van der Waals surface area contributed by atoms with Gasteiger partial charge in [-0.1, -0.05) is 15.9 Å². The van der Waals surface area contributed by atoms with E-state index in [9.17, 15) is 8.42 Å². The van der Waals surface area contributed by atoms with Gasteiger partial charge < -0.3 is 0 Å². The second-order valence-electron chi connectivity index (χ2n) is 5.17. The molecule has 2 rings (SSSR count). The average Bonchev–Trinajstić information content (AvgIpc) is 3.22. The van der Waals surface area contributed by atoms with Gasteiger partial charge in [-0.3, -0.25) is 4.90 Å². The molecule has 0 bridgehead atoms. The first-order chi connectivity index (χ1) is 9.31. The van der Waals surface area contributed by atoms with Gasteiger partial charge in [-0.15, -0.1) is 0 Å². The van der Waals surface area contributed by atoms with Crippen molar-refractivity contribution >= 4 is 41.9 Å². The predicted octanol–water partition coefficient (Wildman–Crippen LogP) is 2.97. The van der Waals surface area contributed by atoms with Crippen LogP contribution in [0.2, 0.25) is 0 Å². The van der Waals surface area contributed by atoms with E-state index in [1.807, 2.05) is 14.0 Å². The minimum Gasteiger partial charge on any atom is -0.299 e. The molecule has 0 spiro atoms. The van der Waals surface area contributed by atoms with Crippen LogP contribution in [0.5, 0.6) is 0 Å². The van der Waals surface area contributed by atoms with Crippen LogP contribution >= 0.6 is 31.9 Å². The summed E-state index contributed by atoms with van der Waals surface area (Å²) in [5.41, 5.74) is 0. The zero-order valence-electron chi connectivity index (χ0n) is 11.4. The Morgan fingerprint density at radius 2 is 2.05 bits per heavy atom. The molecule has 1 N–H and O–H groups in total. The third-order valence-electron chi connectivity index (χ3n) is 3.57. The maximum atomic E-state index is 12.3. The first kappa shape index (κ1) is 16.4. The van der Waals surface area contributed by atoms with Crippen LogP contribution in [-0.4, -0.2) is 39.0 Å². The fourth-order valence-electron chi connectivity index (χ4n) is 1.98. The number of hydrogen-bond acceptors (Lipinski definition) is 3. The third-order valence-corrected chi connectivity index (χ3v) is 6.48. The Balaban J connectivity index is 2.05. The van der Waals surface area contributed by atoms with Crippen molar-refractivity contribution in [3.05, 3.63) is 27.1 Å². The Morgan fingerprint density at radius 1 is 1.40 bits per heavy atom. The van der Waals surface area contributed by atoms with Crippen molar-refractivity contribution in [3.63, 3.8) is 0 Å².